The van der Waals surface area contributed by atoms with E-state index in [1.165, 1.54) is 6.20 Å². The summed E-state index contributed by atoms with van der Waals surface area (Å²) in [4.78, 5) is 27.1. The number of rotatable bonds is 4. The van der Waals surface area contributed by atoms with Crippen LogP contribution in [-0.4, -0.2) is 38.2 Å². The summed E-state index contributed by atoms with van der Waals surface area (Å²) in [7, 11) is 0. The lowest BCUT2D eigenvalue weighted by Gasteiger charge is -2.11. The van der Waals surface area contributed by atoms with Crippen molar-refractivity contribution in [2.45, 2.75) is 6.92 Å². The van der Waals surface area contributed by atoms with Crippen LogP contribution < -0.4 is 5.32 Å². The Kier molecular flexibility index (Phi) is 4.19. The highest BCUT2D eigenvalue weighted by Crippen LogP contribution is 2.38. The first-order valence-electron chi connectivity index (χ1n) is 8.66. The zero-order valence-electron chi connectivity index (χ0n) is 15.0. The zero-order chi connectivity index (χ0) is 19.8. The molecule has 0 aliphatic heterocycles. The van der Waals surface area contributed by atoms with Gasteiger partial charge in [0.25, 0.3) is 5.91 Å². The molecule has 140 valence electrons. The number of para-hydroxylation sites is 2. The predicted molar refractivity (Wildman–Crippen MR) is 105 cm³/mol. The van der Waals surface area contributed by atoms with Gasteiger partial charge in [-0.3, -0.25) is 9.59 Å². The number of carboxylic acids is 1. The number of fused-ring (bicyclic) bond motifs is 3. The molecule has 1 amide bonds. The first-order chi connectivity index (χ1) is 13.5. The highest BCUT2D eigenvalue weighted by Gasteiger charge is 2.22. The van der Waals surface area contributed by atoms with Gasteiger partial charge in [-0.15, -0.1) is 0 Å². The number of pyridine rings is 1. The molecule has 28 heavy (non-hydrogen) atoms. The minimum atomic E-state index is -1.18. The quantitative estimate of drug-likeness (QED) is 0.509. The lowest BCUT2D eigenvalue weighted by Crippen LogP contribution is -2.29. The van der Waals surface area contributed by atoms with Crippen LogP contribution in [-0.2, 0) is 4.79 Å². The molecule has 0 aliphatic carbocycles. The predicted octanol–water partition coefficient (Wildman–Crippen LogP) is 3.01. The molecule has 0 unspecified atom stereocenters. The number of aryl methyl sites for hydroxylation is 1. The van der Waals surface area contributed by atoms with E-state index in [2.05, 4.69) is 10.3 Å². The summed E-state index contributed by atoms with van der Waals surface area (Å²) in [6.07, 6.45) is 1.52. The highest BCUT2D eigenvalue weighted by molar-refractivity contribution is 6.14. The second kappa shape index (κ2) is 6.70. The van der Waals surface area contributed by atoms with Gasteiger partial charge >= 0.3 is 5.97 Å². The van der Waals surface area contributed by atoms with E-state index < -0.39 is 18.4 Å². The van der Waals surface area contributed by atoms with Gasteiger partial charge in [0.2, 0.25) is 0 Å². The van der Waals surface area contributed by atoms with E-state index in [9.17, 15) is 14.7 Å². The molecule has 2 aromatic carbocycles. The molecular weight excluding hydrogens is 358 g/mol. The first kappa shape index (κ1) is 17.5. The third-order valence-corrected chi connectivity index (χ3v) is 4.66. The van der Waals surface area contributed by atoms with Crippen molar-refractivity contribution in [2.75, 3.05) is 6.54 Å². The average molecular weight is 375 g/mol. The van der Waals surface area contributed by atoms with Crippen LogP contribution >= 0.6 is 0 Å². The minimum absolute atomic E-state index is 0.207. The standard InChI is InChI=1S/C21H17N3O4/c1-12-6-2-4-8-14(12)24-15-9-5-3-7-13(15)18-16(24)10-22-19(20(18)27)21(28)23-11-17(25)26/h2-10,27H,11H2,1H3,(H,23,28)(H,25,26). The molecule has 0 saturated carbocycles. The number of aromatic nitrogens is 2. The number of hydrogen-bond donors (Lipinski definition) is 3. The Labute approximate surface area is 159 Å². The van der Waals surface area contributed by atoms with Crippen LogP contribution in [0.2, 0.25) is 0 Å². The number of hydrogen-bond acceptors (Lipinski definition) is 4. The Morgan fingerprint density at radius 2 is 1.79 bits per heavy atom. The number of aliphatic carboxylic acids is 1. The van der Waals surface area contributed by atoms with Gasteiger partial charge in [0.15, 0.2) is 11.4 Å². The summed E-state index contributed by atoms with van der Waals surface area (Å²) < 4.78 is 1.99. The average Bonchev–Trinajstić information content (AvgIpc) is 3.02. The zero-order valence-corrected chi connectivity index (χ0v) is 15.0. The Morgan fingerprint density at radius 1 is 1.07 bits per heavy atom. The maximum Gasteiger partial charge on any atom is 0.322 e. The number of nitrogens with one attached hydrogen (secondary N) is 1. The normalized spacial score (nSPS) is 11.0. The van der Waals surface area contributed by atoms with Crippen LogP contribution in [0.5, 0.6) is 5.75 Å². The van der Waals surface area contributed by atoms with Gasteiger partial charge in [-0.05, 0) is 24.6 Å². The summed E-state index contributed by atoms with van der Waals surface area (Å²) in [6, 6.07) is 15.4. The maximum absolute atomic E-state index is 12.3. The monoisotopic (exact) mass is 375 g/mol. The maximum atomic E-state index is 12.3. The molecule has 0 radical (unpaired) electrons. The van der Waals surface area contributed by atoms with E-state index in [0.717, 1.165) is 22.2 Å². The Hall–Kier alpha value is -3.87. The number of carbonyl (C=O) groups is 2. The molecule has 0 atom stereocenters. The van der Waals surface area contributed by atoms with Crippen molar-refractivity contribution in [2.24, 2.45) is 0 Å². The van der Waals surface area contributed by atoms with E-state index in [0.29, 0.717) is 10.9 Å². The molecule has 7 nitrogen and oxygen atoms in total. The van der Waals surface area contributed by atoms with E-state index in [1.54, 1.807) is 0 Å². The van der Waals surface area contributed by atoms with Gasteiger partial charge in [-0.25, -0.2) is 4.98 Å². The van der Waals surface area contributed by atoms with Crippen molar-refractivity contribution < 1.29 is 19.8 Å². The van der Waals surface area contributed by atoms with Gasteiger partial charge < -0.3 is 20.1 Å². The number of amides is 1. The fraction of sp³-hybridized carbons (Fsp3) is 0.0952. The molecule has 4 rings (SSSR count). The largest absolute Gasteiger partial charge is 0.505 e. The van der Waals surface area contributed by atoms with Crippen LogP contribution in [0, 0.1) is 6.92 Å². The minimum Gasteiger partial charge on any atom is -0.505 e. The fourth-order valence-electron chi connectivity index (χ4n) is 3.42. The second-order valence-electron chi connectivity index (χ2n) is 6.43. The number of nitrogens with zero attached hydrogens (tertiary/aromatic N) is 2. The Bertz CT molecular complexity index is 1240. The molecule has 0 fully saturated rings. The molecule has 0 bridgehead atoms. The number of carbonyl (C=O) groups excluding carboxylic acids is 1. The smallest absolute Gasteiger partial charge is 0.322 e. The van der Waals surface area contributed by atoms with Crippen molar-refractivity contribution in [1.29, 1.82) is 0 Å². The third kappa shape index (κ3) is 2.73. The van der Waals surface area contributed by atoms with Crippen LogP contribution in [0.15, 0.2) is 54.7 Å². The van der Waals surface area contributed by atoms with Gasteiger partial charge in [0.05, 0.1) is 22.6 Å². The fourth-order valence-corrected chi connectivity index (χ4v) is 3.42. The van der Waals surface area contributed by atoms with Crippen LogP contribution in [0.1, 0.15) is 16.1 Å². The topological polar surface area (TPSA) is 104 Å². The molecular formula is C21H17N3O4. The third-order valence-electron chi connectivity index (χ3n) is 4.66. The number of aromatic hydroxyl groups is 1. The van der Waals surface area contributed by atoms with E-state index >= 15 is 0 Å². The summed E-state index contributed by atoms with van der Waals surface area (Å²) in [5.74, 6) is -2.19. The molecule has 0 spiro atoms. The molecule has 0 saturated heterocycles. The number of carboxylic acid groups (broad SMARTS) is 1. The van der Waals surface area contributed by atoms with Crippen molar-refractivity contribution in [1.82, 2.24) is 14.9 Å². The van der Waals surface area contributed by atoms with Crippen molar-refractivity contribution >= 4 is 33.7 Å². The molecule has 2 aromatic heterocycles. The Balaban J connectivity index is 2.00. The van der Waals surface area contributed by atoms with Gasteiger partial charge in [0, 0.05) is 11.1 Å². The Morgan fingerprint density at radius 3 is 2.54 bits per heavy atom. The summed E-state index contributed by atoms with van der Waals surface area (Å²) in [5, 5.41) is 23.1. The molecule has 0 aliphatic rings. The van der Waals surface area contributed by atoms with Crippen molar-refractivity contribution in [3.63, 3.8) is 0 Å². The second-order valence-corrected chi connectivity index (χ2v) is 6.43. The van der Waals surface area contributed by atoms with E-state index in [-0.39, 0.29) is 11.4 Å². The van der Waals surface area contributed by atoms with Gasteiger partial charge in [0.1, 0.15) is 6.54 Å². The van der Waals surface area contributed by atoms with Crippen LogP contribution in [0.3, 0.4) is 0 Å². The first-order valence-corrected chi connectivity index (χ1v) is 8.66. The van der Waals surface area contributed by atoms with E-state index in [1.807, 2.05) is 60.0 Å². The lowest BCUT2D eigenvalue weighted by molar-refractivity contribution is -0.135. The lowest BCUT2D eigenvalue weighted by atomic mass is 10.1. The van der Waals surface area contributed by atoms with Gasteiger partial charge in [-0.1, -0.05) is 36.4 Å². The number of benzene rings is 2. The van der Waals surface area contributed by atoms with Crippen molar-refractivity contribution in [3.05, 3.63) is 66.0 Å². The van der Waals surface area contributed by atoms with Crippen LogP contribution in [0.25, 0.3) is 27.5 Å². The van der Waals surface area contributed by atoms with Gasteiger partial charge in [-0.2, -0.15) is 0 Å². The SMILES string of the molecule is Cc1ccccc1-n1c2ccccc2c2c(O)c(C(=O)NCC(=O)O)ncc21. The summed E-state index contributed by atoms with van der Waals surface area (Å²) in [5.41, 5.74) is 3.31. The van der Waals surface area contributed by atoms with Crippen molar-refractivity contribution in [3.8, 4) is 11.4 Å². The summed E-state index contributed by atoms with van der Waals surface area (Å²) >= 11 is 0. The molecule has 7 heteroatoms. The highest BCUT2D eigenvalue weighted by atomic mass is 16.4. The molecule has 3 N–H and O–H groups in total. The molecule has 2 heterocycles. The van der Waals surface area contributed by atoms with Crippen LogP contribution in [0.4, 0.5) is 0 Å². The molecule has 4 aromatic rings. The van der Waals surface area contributed by atoms with E-state index in [4.69, 9.17) is 5.11 Å². The summed E-state index contributed by atoms with van der Waals surface area (Å²) in [6.45, 7) is 1.44.